The molecule has 4 nitrogen and oxygen atoms in total. The molecule has 0 saturated carbocycles. The van der Waals surface area contributed by atoms with Gasteiger partial charge in [0.25, 0.3) is 0 Å². The largest absolute Gasteiger partial charge is 0.475 e. The first-order chi connectivity index (χ1) is 4.20. The molecule has 0 radical (unpaired) electrons. The molecule has 10 heavy (non-hydrogen) atoms. The molecular weight excluding hydrogens is 223 g/mol. The Morgan fingerprint density at radius 1 is 1.80 bits per heavy atom. The fourth-order valence-corrected chi connectivity index (χ4v) is 0.698. The number of carboxylic acids is 1. The van der Waals surface area contributed by atoms with E-state index in [0.29, 0.717) is 4.60 Å². The summed E-state index contributed by atoms with van der Waals surface area (Å²) in [6, 6.07) is 0. The second kappa shape index (κ2) is 3.58. The van der Waals surface area contributed by atoms with Crippen LogP contribution in [-0.4, -0.2) is 21.0 Å². The number of carbonyl (C=O) groups is 1. The van der Waals surface area contributed by atoms with Gasteiger partial charge in [-0.15, -0.1) is 12.4 Å². The van der Waals surface area contributed by atoms with Crippen LogP contribution in [0.15, 0.2) is 10.8 Å². The maximum atomic E-state index is 10.1. The van der Waals surface area contributed by atoms with Gasteiger partial charge in [0.1, 0.15) is 4.60 Å². The monoisotopic (exact) mass is 226 g/mol. The fourth-order valence-electron chi connectivity index (χ4n) is 0.408. The molecule has 0 aliphatic rings. The highest BCUT2D eigenvalue weighted by molar-refractivity contribution is 9.10. The van der Waals surface area contributed by atoms with Crippen LogP contribution >= 0.6 is 28.3 Å². The lowest BCUT2D eigenvalue weighted by atomic mass is 10.6. The first-order valence-electron chi connectivity index (χ1n) is 2.14. The molecule has 0 unspecified atom stereocenters. The van der Waals surface area contributed by atoms with Gasteiger partial charge < -0.3 is 10.1 Å². The van der Waals surface area contributed by atoms with E-state index in [1.807, 2.05) is 0 Å². The van der Waals surface area contributed by atoms with Crippen molar-refractivity contribution in [2.45, 2.75) is 0 Å². The standard InChI is InChI=1S/C4H3BrN2O2.ClH/c5-2-1-6-3(7-2)4(8)9;/h1H,(H,6,7)(H,8,9);1H. The van der Waals surface area contributed by atoms with Gasteiger partial charge in [-0.25, -0.2) is 9.78 Å². The molecule has 2 N–H and O–H groups in total. The van der Waals surface area contributed by atoms with Crippen LogP contribution in [-0.2, 0) is 0 Å². The average molecular weight is 227 g/mol. The van der Waals surface area contributed by atoms with Crippen molar-refractivity contribution >= 4 is 34.3 Å². The summed E-state index contributed by atoms with van der Waals surface area (Å²) in [5.41, 5.74) is 0. The van der Waals surface area contributed by atoms with Crippen LogP contribution in [0.25, 0.3) is 0 Å². The molecular formula is C4H4BrClN2O2. The number of nitrogens with zero attached hydrogens (tertiary/aromatic N) is 1. The number of aromatic amines is 1. The Labute approximate surface area is 71.2 Å². The maximum Gasteiger partial charge on any atom is 0.371 e. The molecule has 1 rings (SSSR count). The van der Waals surface area contributed by atoms with E-state index in [0.717, 1.165) is 0 Å². The third kappa shape index (κ3) is 2.00. The minimum atomic E-state index is -1.05. The molecule has 0 amide bonds. The van der Waals surface area contributed by atoms with Gasteiger partial charge in [-0.3, -0.25) is 0 Å². The Hall–Kier alpha value is -0.550. The quantitative estimate of drug-likeness (QED) is 0.760. The minimum Gasteiger partial charge on any atom is -0.475 e. The Morgan fingerprint density at radius 2 is 2.40 bits per heavy atom. The first-order valence-corrected chi connectivity index (χ1v) is 2.93. The lowest BCUT2D eigenvalue weighted by Gasteiger charge is -1.80. The molecule has 6 heteroatoms. The fraction of sp³-hybridized carbons (Fsp3) is 0. The van der Waals surface area contributed by atoms with Gasteiger partial charge in [0.2, 0.25) is 5.82 Å². The van der Waals surface area contributed by atoms with Gasteiger partial charge in [0.05, 0.1) is 6.20 Å². The van der Waals surface area contributed by atoms with Crippen molar-refractivity contribution in [3.8, 4) is 0 Å². The van der Waals surface area contributed by atoms with Gasteiger partial charge in [0, 0.05) is 0 Å². The molecule has 0 aliphatic heterocycles. The highest BCUT2D eigenvalue weighted by Crippen LogP contribution is 2.03. The van der Waals surface area contributed by atoms with Crippen LogP contribution in [0.4, 0.5) is 0 Å². The van der Waals surface area contributed by atoms with E-state index in [-0.39, 0.29) is 18.2 Å². The van der Waals surface area contributed by atoms with Gasteiger partial charge in [0.15, 0.2) is 0 Å². The highest BCUT2D eigenvalue weighted by Gasteiger charge is 2.04. The Morgan fingerprint density at radius 3 is 2.60 bits per heavy atom. The molecule has 0 bridgehead atoms. The minimum absolute atomic E-state index is 0. The van der Waals surface area contributed by atoms with Crippen LogP contribution in [0, 0.1) is 0 Å². The molecule has 0 fully saturated rings. The highest BCUT2D eigenvalue weighted by atomic mass is 79.9. The number of hydrogen-bond donors (Lipinski definition) is 2. The van der Waals surface area contributed by atoms with E-state index in [2.05, 4.69) is 25.9 Å². The van der Waals surface area contributed by atoms with Crippen molar-refractivity contribution in [1.29, 1.82) is 0 Å². The number of aromatic carboxylic acids is 1. The van der Waals surface area contributed by atoms with Crippen LogP contribution < -0.4 is 0 Å². The summed E-state index contributed by atoms with van der Waals surface area (Å²) >= 11 is 3.02. The Kier molecular flexibility index (Phi) is 3.38. The van der Waals surface area contributed by atoms with E-state index < -0.39 is 5.97 Å². The Bertz CT molecular complexity index is 237. The second-order valence-corrected chi connectivity index (χ2v) is 2.24. The molecule has 1 aromatic rings. The van der Waals surface area contributed by atoms with Crippen molar-refractivity contribution in [3.05, 3.63) is 16.6 Å². The summed E-state index contributed by atoms with van der Waals surface area (Å²) in [5, 5.41) is 8.28. The first kappa shape index (κ1) is 9.45. The van der Waals surface area contributed by atoms with Gasteiger partial charge in [-0.1, -0.05) is 0 Å². The van der Waals surface area contributed by atoms with E-state index in [4.69, 9.17) is 5.11 Å². The smallest absolute Gasteiger partial charge is 0.371 e. The number of rotatable bonds is 1. The van der Waals surface area contributed by atoms with Crippen molar-refractivity contribution in [3.63, 3.8) is 0 Å². The summed E-state index contributed by atoms with van der Waals surface area (Å²) < 4.78 is 0.569. The maximum absolute atomic E-state index is 10.1. The molecule has 56 valence electrons. The molecule has 0 atom stereocenters. The summed E-state index contributed by atoms with van der Waals surface area (Å²) in [6.07, 6.45) is 1.39. The molecule has 0 aromatic carbocycles. The van der Waals surface area contributed by atoms with E-state index in [9.17, 15) is 4.79 Å². The van der Waals surface area contributed by atoms with Crippen molar-refractivity contribution in [2.24, 2.45) is 0 Å². The number of H-pyrrole nitrogens is 1. The zero-order valence-electron chi connectivity index (χ0n) is 4.67. The van der Waals surface area contributed by atoms with E-state index in [1.165, 1.54) is 6.20 Å². The average Bonchev–Trinajstić information content (AvgIpc) is 2.14. The summed E-state index contributed by atoms with van der Waals surface area (Å²) in [4.78, 5) is 16.1. The van der Waals surface area contributed by atoms with Crippen molar-refractivity contribution in [2.75, 3.05) is 0 Å². The van der Waals surface area contributed by atoms with Gasteiger partial charge in [-0.05, 0) is 15.9 Å². The van der Waals surface area contributed by atoms with Crippen molar-refractivity contribution < 1.29 is 9.90 Å². The van der Waals surface area contributed by atoms with E-state index >= 15 is 0 Å². The van der Waals surface area contributed by atoms with Crippen LogP contribution in [0.1, 0.15) is 10.6 Å². The summed E-state index contributed by atoms with van der Waals surface area (Å²) in [5.74, 6) is -1.11. The number of imidazole rings is 1. The molecule has 0 spiro atoms. The molecule has 1 heterocycles. The number of carboxylic acid groups (broad SMARTS) is 1. The summed E-state index contributed by atoms with van der Waals surface area (Å²) in [6.45, 7) is 0. The topological polar surface area (TPSA) is 66.0 Å². The zero-order chi connectivity index (χ0) is 6.85. The van der Waals surface area contributed by atoms with E-state index in [1.54, 1.807) is 0 Å². The predicted octanol–water partition coefficient (Wildman–Crippen LogP) is 1.29. The SMILES string of the molecule is Cl.O=C(O)c1ncc(Br)[nH]1. The van der Waals surface area contributed by atoms with Crippen LogP contribution in [0.3, 0.4) is 0 Å². The second-order valence-electron chi connectivity index (χ2n) is 1.38. The predicted molar refractivity (Wildman–Crippen MR) is 40.5 cm³/mol. The van der Waals surface area contributed by atoms with Crippen LogP contribution in [0.2, 0.25) is 0 Å². The number of halogens is 2. The Balaban J connectivity index is 0.000000810. The molecule has 0 aliphatic carbocycles. The number of hydrogen-bond acceptors (Lipinski definition) is 2. The lowest BCUT2D eigenvalue weighted by Crippen LogP contribution is -1.97. The van der Waals surface area contributed by atoms with Gasteiger partial charge in [-0.2, -0.15) is 0 Å². The zero-order valence-corrected chi connectivity index (χ0v) is 7.07. The number of nitrogens with one attached hydrogen (secondary N) is 1. The van der Waals surface area contributed by atoms with Crippen molar-refractivity contribution in [1.82, 2.24) is 9.97 Å². The number of aromatic nitrogens is 2. The van der Waals surface area contributed by atoms with Gasteiger partial charge >= 0.3 is 5.97 Å². The third-order valence-electron chi connectivity index (χ3n) is 0.747. The van der Waals surface area contributed by atoms with Crippen LogP contribution in [0.5, 0.6) is 0 Å². The normalized spacial score (nSPS) is 8.50. The third-order valence-corrected chi connectivity index (χ3v) is 1.15. The summed E-state index contributed by atoms with van der Waals surface area (Å²) in [7, 11) is 0. The molecule has 1 aromatic heterocycles. The molecule has 0 saturated heterocycles. The lowest BCUT2D eigenvalue weighted by molar-refractivity contribution is 0.0684.